The molecule has 2 fully saturated rings. The van der Waals surface area contributed by atoms with Crippen LogP contribution in [-0.2, 0) is 22.4 Å². The van der Waals surface area contributed by atoms with E-state index in [4.69, 9.17) is 4.74 Å². The Bertz CT molecular complexity index is 1140. The van der Waals surface area contributed by atoms with Crippen molar-refractivity contribution in [1.82, 2.24) is 0 Å². The topological polar surface area (TPSA) is 89.7 Å². The van der Waals surface area contributed by atoms with Gasteiger partial charge in [0.15, 0.2) is 5.78 Å². The summed E-state index contributed by atoms with van der Waals surface area (Å²) in [5.74, 6) is -0.733. The second-order valence-corrected chi connectivity index (χ2v) is 9.17. The SMILES string of the molecule is CCc1cc(C)cc(CC)c1C1=C(O)[C@@H]2[C@@H]3O[C@@H](C[C@H]3c3cccc([N+](=O)[O-])c3)[C@@H]2C1=O. The first kappa shape index (κ1) is 20.9. The highest BCUT2D eigenvalue weighted by Crippen LogP contribution is 2.58. The molecule has 32 heavy (non-hydrogen) atoms. The fraction of sp³-hybridized carbons (Fsp3) is 0.423. The first-order valence-corrected chi connectivity index (χ1v) is 11.4. The van der Waals surface area contributed by atoms with Crippen LogP contribution in [0.4, 0.5) is 5.69 Å². The van der Waals surface area contributed by atoms with Crippen LogP contribution >= 0.6 is 0 Å². The smallest absolute Gasteiger partial charge is 0.269 e. The molecule has 2 saturated heterocycles. The van der Waals surface area contributed by atoms with Gasteiger partial charge < -0.3 is 9.84 Å². The minimum atomic E-state index is -0.398. The maximum Gasteiger partial charge on any atom is 0.269 e. The molecule has 166 valence electrons. The number of allylic oxidation sites excluding steroid dienone is 1. The molecule has 0 amide bonds. The summed E-state index contributed by atoms with van der Waals surface area (Å²) in [6.07, 6.45) is 1.57. The number of hydrogen-bond donors (Lipinski definition) is 1. The van der Waals surface area contributed by atoms with Crippen molar-refractivity contribution in [2.75, 3.05) is 0 Å². The number of benzene rings is 2. The summed E-state index contributed by atoms with van der Waals surface area (Å²) >= 11 is 0. The van der Waals surface area contributed by atoms with Crippen molar-refractivity contribution in [2.45, 2.75) is 58.2 Å². The van der Waals surface area contributed by atoms with Gasteiger partial charge in [-0.05, 0) is 48.4 Å². The van der Waals surface area contributed by atoms with E-state index < -0.39 is 10.8 Å². The van der Waals surface area contributed by atoms with Gasteiger partial charge in [0, 0.05) is 18.1 Å². The lowest BCUT2D eigenvalue weighted by atomic mass is 9.72. The summed E-state index contributed by atoms with van der Waals surface area (Å²) in [5.41, 5.74) is 5.56. The average molecular weight is 434 g/mol. The molecule has 6 heteroatoms. The highest BCUT2D eigenvalue weighted by Gasteiger charge is 2.62. The number of nitro benzene ring substituents is 1. The number of hydrogen-bond acceptors (Lipinski definition) is 5. The number of nitro groups is 1. The van der Waals surface area contributed by atoms with E-state index in [1.807, 2.05) is 6.07 Å². The number of carbonyl (C=O) groups is 1. The van der Waals surface area contributed by atoms with Crippen LogP contribution in [0.5, 0.6) is 0 Å². The van der Waals surface area contributed by atoms with Crippen LogP contribution in [0.25, 0.3) is 5.57 Å². The summed E-state index contributed by atoms with van der Waals surface area (Å²) in [7, 11) is 0. The molecule has 0 saturated carbocycles. The van der Waals surface area contributed by atoms with E-state index in [0.717, 1.165) is 40.7 Å². The molecule has 6 nitrogen and oxygen atoms in total. The van der Waals surface area contributed by atoms with Crippen LogP contribution in [0.3, 0.4) is 0 Å². The quantitative estimate of drug-likeness (QED) is 0.525. The lowest BCUT2D eigenvalue weighted by Gasteiger charge is -2.27. The number of aliphatic hydroxyl groups excluding tert-OH is 1. The number of rotatable bonds is 5. The molecule has 0 radical (unpaired) electrons. The van der Waals surface area contributed by atoms with Crippen molar-refractivity contribution in [3.05, 3.63) is 80.1 Å². The van der Waals surface area contributed by atoms with Gasteiger partial charge in [-0.25, -0.2) is 0 Å². The molecule has 1 aliphatic carbocycles. The van der Waals surface area contributed by atoms with E-state index in [1.54, 1.807) is 12.1 Å². The maximum atomic E-state index is 13.6. The van der Waals surface area contributed by atoms with E-state index in [2.05, 4.69) is 32.9 Å². The molecule has 2 aliphatic heterocycles. The number of nitrogens with zero attached hydrogens (tertiary/aromatic N) is 1. The third-order valence-corrected chi connectivity index (χ3v) is 7.44. The van der Waals surface area contributed by atoms with Crippen molar-refractivity contribution >= 4 is 17.0 Å². The van der Waals surface area contributed by atoms with Gasteiger partial charge in [0.1, 0.15) is 5.76 Å². The Hall–Kier alpha value is -2.99. The number of ether oxygens (including phenoxy) is 1. The number of ketones is 1. The zero-order valence-electron chi connectivity index (χ0n) is 18.5. The summed E-state index contributed by atoms with van der Waals surface area (Å²) in [5, 5.41) is 22.6. The molecule has 5 rings (SSSR count). The van der Waals surface area contributed by atoms with E-state index >= 15 is 0 Å². The van der Waals surface area contributed by atoms with Gasteiger partial charge in [0.25, 0.3) is 5.69 Å². The molecule has 0 unspecified atom stereocenters. The first-order valence-electron chi connectivity index (χ1n) is 11.4. The zero-order valence-corrected chi connectivity index (χ0v) is 18.5. The molecule has 0 aromatic heterocycles. The monoisotopic (exact) mass is 433 g/mol. The Morgan fingerprint density at radius 1 is 1.12 bits per heavy atom. The normalized spacial score (nSPS) is 28.5. The van der Waals surface area contributed by atoms with Crippen molar-refractivity contribution < 1.29 is 19.6 Å². The van der Waals surface area contributed by atoms with Crippen LogP contribution in [0.1, 0.15) is 54.0 Å². The molecule has 2 heterocycles. The van der Waals surface area contributed by atoms with Crippen molar-refractivity contribution in [3.63, 3.8) is 0 Å². The molecule has 2 bridgehead atoms. The highest BCUT2D eigenvalue weighted by molar-refractivity contribution is 6.26. The van der Waals surface area contributed by atoms with E-state index in [-0.39, 0.29) is 41.3 Å². The van der Waals surface area contributed by atoms with Crippen LogP contribution in [0, 0.1) is 28.9 Å². The standard InChI is InChI=1S/C26H27NO5/c1-4-14-9-13(3)10-15(5-2)20(14)22-24(28)21-19-12-18(26(32-19)23(21)25(22)29)16-7-6-8-17(11-16)27(30)31/h6-11,18-19,21,23,26,29H,4-5,12H2,1-3H3/t18-,19-,21-,23+,26+/m0/s1. The molecular weight excluding hydrogens is 406 g/mol. The predicted molar refractivity (Wildman–Crippen MR) is 121 cm³/mol. The summed E-state index contributed by atoms with van der Waals surface area (Å²) in [4.78, 5) is 24.4. The van der Waals surface area contributed by atoms with Gasteiger partial charge in [0.05, 0.1) is 34.5 Å². The number of aryl methyl sites for hydroxylation is 3. The second kappa shape index (κ2) is 7.55. The van der Waals surface area contributed by atoms with Crippen LogP contribution in [-0.4, -0.2) is 28.0 Å². The van der Waals surface area contributed by atoms with Gasteiger partial charge >= 0.3 is 0 Å². The molecule has 1 N–H and O–H groups in total. The number of fused-ring (bicyclic) bond motifs is 5. The zero-order chi connectivity index (χ0) is 22.7. The van der Waals surface area contributed by atoms with Crippen LogP contribution in [0.2, 0.25) is 0 Å². The Balaban J connectivity index is 1.58. The number of non-ortho nitro benzene ring substituents is 1. The predicted octanol–water partition coefficient (Wildman–Crippen LogP) is 5.07. The number of carbonyl (C=O) groups excluding carboxylic acids is 1. The lowest BCUT2D eigenvalue weighted by Crippen LogP contribution is -2.33. The molecule has 2 aromatic rings. The average Bonchev–Trinajstić information content (AvgIpc) is 3.45. The van der Waals surface area contributed by atoms with E-state index in [0.29, 0.717) is 12.0 Å². The fourth-order valence-electron chi connectivity index (χ4n) is 6.12. The molecular formula is C26H27NO5. The molecule has 3 aliphatic rings. The minimum Gasteiger partial charge on any atom is -0.511 e. The second-order valence-electron chi connectivity index (χ2n) is 9.17. The third-order valence-electron chi connectivity index (χ3n) is 7.44. The molecule has 2 aromatic carbocycles. The number of aliphatic hydroxyl groups is 1. The Morgan fingerprint density at radius 2 is 1.81 bits per heavy atom. The molecule has 0 spiro atoms. The largest absolute Gasteiger partial charge is 0.511 e. The van der Waals surface area contributed by atoms with Crippen molar-refractivity contribution in [1.29, 1.82) is 0 Å². The van der Waals surface area contributed by atoms with Gasteiger partial charge in [-0.15, -0.1) is 0 Å². The Labute approximate surface area is 187 Å². The molecule has 5 atom stereocenters. The van der Waals surface area contributed by atoms with Gasteiger partial charge in [-0.2, -0.15) is 0 Å². The van der Waals surface area contributed by atoms with Gasteiger partial charge in [-0.3, -0.25) is 14.9 Å². The van der Waals surface area contributed by atoms with E-state index in [9.17, 15) is 20.0 Å². The third kappa shape index (κ3) is 2.93. The van der Waals surface area contributed by atoms with Gasteiger partial charge in [-0.1, -0.05) is 43.7 Å². The first-order chi connectivity index (χ1) is 15.3. The van der Waals surface area contributed by atoms with Crippen LogP contribution in [0.15, 0.2) is 42.2 Å². The van der Waals surface area contributed by atoms with E-state index in [1.165, 1.54) is 6.07 Å². The summed E-state index contributed by atoms with van der Waals surface area (Å²) in [6, 6.07) is 10.8. The summed E-state index contributed by atoms with van der Waals surface area (Å²) < 4.78 is 6.18. The maximum absolute atomic E-state index is 13.6. The van der Waals surface area contributed by atoms with Crippen LogP contribution < -0.4 is 0 Å². The lowest BCUT2D eigenvalue weighted by molar-refractivity contribution is -0.384. The summed E-state index contributed by atoms with van der Waals surface area (Å²) in [6.45, 7) is 6.20. The van der Waals surface area contributed by atoms with Gasteiger partial charge in [0.2, 0.25) is 0 Å². The van der Waals surface area contributed by atoms with Crippen molar-refractivity contribution in [2.24, 2.45) is 11.8 Å². The number of Topliss-reactive ketones (excluding diaryl/α,β-unsaturated/α-hetero) is 1. The fourth-order valence-corrected chi connectivity index (χ4v) is 6.12. The minimum absolute atomic E-state index is 0.0225. The Kier molecular flexibility index (Phi) is 4.93. The Morgan fingerprint density at radius 3 is 2.44 bits per heavy atom. The van der Waals surface area contributed by atoms with Crippen molar-refractivity contribution in [3.8, 4) is 0 Å². The highest BCUT2D eigenvalue weighted by atomic mass is 16.6.